The van der Waals surface area contributed by atoms with Gasteiger partial charge in [-0.25, -0.2) is 8.42 Å². The Morgan fingerprint density at radius 3 is 2.40 bits per heavy atom. The van der Waals surface area contributed by atoms with Crippen molar-refractivity contribution >= 4 is 21.6 Å². The molecule has 0 saturated heterocycles. The Hall–Kier alpha value is -2.45. The van der Waals surface area contributed by atoms with Crippen LogP contribution in [-0.2, 0) is 10.0 Å². The molecule has 1 aromatic heterocycles. The Bertz CT molecular complexity index is 911. The molecule has 1 amide bonds. The minimum Gasteiger partial charge on any atom is -0.328 e. The van der Waals surface area contributed by atoms with Crippen molar-refractivity contribution in [1.29, 1.82) is 0 Å². The zero-order chi connectivity index (χ0) is 18.6. The third kappa shape index (κ3) is 4.15. The van der Waals surface area contributed by atoms with Crippen molar-refractivity contribution in [3.63, 3.8) is 0 Å². The smallest absolute Gasteiger partial charge is 0.257 e. The van der Waals surface area contributed by atoms with Gasteiger partial charge in [-0.05, 0) is 30.7 Å². The molecule has 25 heavy (non-hydrogen) atoms. The van der Waals surface area contributed by atoms with Gasteiger partial charge in [0.25, 0.3) is 5.91 Å². The van der Waals surface area contributed by atoms with Crippen LogP contribution < -0.4 is 10.9 Å². The highest BCUT2D eigenvalue weighted by Crippen LogP contribution is 2.24. The van der Waals surface area contributed by atoms with Gasteiger partial charge in [-0.3, -0.25) is 9.59 Å². The van der Waals surface area contributed by atoms with Gasteiger partial charge < -0.3 is 10.3 Å². The average molecular weight is 363 g/mol. The number of aryl methyl sites for hydroxylation is 1. The number of sulfonamides is 1. The Morgan fingerprint density at radius 1 is 1.16 bits per heavy atom. The van der Waals surface area contributed by atoms with E-state index in [1.165, 1.54) is 28.7 Å². The lowest BCUT2D eigenvalue weighted by Crippen LogP contribution is -2.31. The lowest BCUT2D eigenvalue weighted by Gasteiger charge is -2.20. The average Bonchev–Trinajstić information content (AvgIpc) is 2.57. The summed E-state index contributed by atoms with van der Waals surface area (Å²) in [4.78, 5) is 25.9. The van der Waals surface area contributed by atoms with Gasteiger partial charge in [0.1, 0.15) is 0 Å². The normalized spacial score (nSPS) is 11.5. The minimum absolute atomic E-state index is 0.162. The summed E-state index contributed by atoms with van der Waals surface area (Å²) in [7, 11) is -3.63. The SMILES string of the molecule is CCN(CC)S(=O)(=O)c1cc(NC(=O)c2ccc(=O)[nH]c2)ccc1C. The summed E-state index contributed by atoms with van der Waals surface area (Å²) in [6.45, 7) is 6.00. The fourth-order valence-electron chi connectivity index (χ4n) is 2.41. The minimum atomic E-state index is -3.63. The summed E-state index contributed by atoms with van der Waals surface area (Å²) in [6.07, 6.45) is 1.30. The van der Waals surface area contributed by atoms with Gasteiger partial charge in [0.15, 0.2) is 0 Å². The van der Waals surface area contributed by atoms with Crippen LogP contribution in [0, 0.1) is 6.92 Å². The molecule has 2 rings (SSSR count). The molecular weight excluding hydrogens is 342 g/mol. The number of carbonyl (C=O) groups excluding carboxylic acids is 1. The number of anilines is 1. The van der Waals surface area contributed by atoms with Gasteiger partial charge in [-0.1, -0.05) is 19.9 Å². The summed E-state index contributed by atoms with van der Waals surface area (Å²) >= 11 is 0. The zero-order valence-electron chi connectivity index (χ0n) is 14.4. The van der Waals surface area contributed by atoms with E-state index in [4.69, 9.17) is 0 Å². The lowest BCUT2D eigenvalue weighted by molar-refractivity contribution is 0.102. The van der Waals surface area contributed by atoms with Crippen molar-refractivity contribution in [2.24, 2.45) is 0 Å². The third-order valence-corrected chi connectivity index (χ3v) is 6.01. The Labute approximate surface area is 146 Å². The number of carbonyl (C=O) groups is 1. The first-order valence-electron chi connectivity index (χ1n) is 7.90. The molecule has 134 valence electrons. The maximum atomic E-state index is 12.7. The van der Waals surface area contributed by atoms with Crippen LogP contribution in [-0.4, -0.2) is 36.7 Å². The molecule has 0 spiro atoms. The molecule has 8 heteroatoms. The topological polar surface area (TPSA) is 99.3 Å². The van der Waals surface area contributed by atoms with Crippen LogP contribution in [0.15, 0.2) is 46.2 Å². The monoisotopic (exact) mass is 363 g/mol. The summed E-state index contributed by atoms with van der Waals surface area (Å²) in [5.41, 5.74) is 0.939. The maximum Gasteiger partial charge on any atom is 0.257 e. The highest BCUT2D eigenvalue weighted by molar-refractivity contribution is 7.89. The molecule has 7 nitrogen and oxygen atoms in total. The quantitative estimate of drug-likeness (QED) is 0.819. The molecule has 0 aliphatic carbocycles. The van der Waals surface area contributed by atoms with Crippen molar-refractivity contribution in [1.82, 2.24) is 9.29 Å². The molecule has 1 heterocycles. The van der Waals surface area contributed by atoms with E-state index in [9.17, 15) is 18.0 Å². The van der Waals surface area contributed by atoms with Gasteiger partial charge in [-0.2, -0.15) is 4.31 Å². The van der Waals surface area contributed by atoms with Crippen LogP contribution in [0.1, 0.15) is 29.8 Å². The number of pyridine rings is 1. The van der Waals surface area contributed by atoms with Crippen LogP contribution in [0.5, 0.6) is 0 Å². The van der Waals surface area contributed by atoms with E-state index < -0.39 is 15.9 Å². The van der Waals surface area contributed by atoms with Gasteiger partial charge in [-0.15, -0.1) is 0 Å². The number of nitrogens with zero attached hydrogens (tertiary/aromatic N) is 1. The van der Waals surface area contributed by atoms with Crippen molar-refractivity contribution in [2.45, 2.75) is 25.7 Å². The van der Waals surface area contributed by atoms with Crippen LogP contribution >= 0.6 is 0 Å². The molecule has 0 unspecified atom stereocenters. The molecule has 0 aliphatic heterocycles. The Balaban J connectivity index is 2.34. The number of hydrogen-bond donors (Lipinski definition) is 2. The number of H-pyrrole nitrogens is 1. The van der Waals surface area contributed by atoms with Crippen LogP contribution in [0.4, 0.5) is 5.69 Å². The van der Waals surface area contributed by atoms with Gasteiger partial charge >= 0.3 is 0 Å². The van der Waals surface area contributed by atoms with Crippen LogP contribution in [0.2, 0.25) is 0 Å². The van der Waals surface area contributed by atoms with Crippen LogP contribution in [0.3, 0.4) is 0 Å². The van der Waals surface area contributed by atoms with Crippen LogP contribution in [0.25, 0.3) is 0 Å². The second kappa shape index (κ2) is 7.62. The predicted molar refractivity (Wildman–Crippen MR) is 96.3 cm³/mol. The fourth-order valence-corrected chi connectivity index (χ4v) is 4.12. The standard InChI is InChI=1S/C17H21N3O4S/c1-4-20(5-2)25(23,24)15-10-14(8-6-12(15)3)19-17(22)13-7-9-16(21)18-11-13/h6-11H,4-5H2,1-3H3,(H,18,21)(H,19,22). The second-order valence-electron chi connectivity index (χ2n) is 5.47. The number of amides is 1. The van der Waals surface area contributed by atoms with Crippen molar-refractivity contribution in [2.75, 3.05) is 18.4 Å². The van der Waals surface area contributed by atoms with E-state index >= 15 is 0 Å². The summed E-state index contributed by atoms with van der Waals surface area (Å²) in [6, 6.07) is 7.39. The first-order chi connectivity index (χ1) is 11.8. The third-order valence-electron chi connectivity index (χ3n) is 3.82. The highest BCUT2D eigenvalue weighted by Gasteiger charge is 2.24. The number of rotatable bonds is 6. The largest absolute Gasteiger partial charge is 0.328 e. The Kier molecular flexibility index (Phi) is 5.76. The highest BCUT2D eigenvalue weighted by atomic mass is 32.2. The number of nitrogens with one attached hydrogen (secondary N) is 2. The first-order valence-corrected chi connectivity index (χ1v) is 9.34. The van der Waals surface area contributed by atoms with Crippen molar-refractivity contribution in [3.8, 4) is 0 Å². The fraction of sp³-hybridized carbons (Fsp3) is 0.294. The molecular formula is C17H21N3O4S. The van der Waals surface area contributed by atoms with E-state index in [1.807, 2.05) is 0 Å². The molecule has 0 fully saturated rings. The van der Waals surface area contributed by atoms with E-state index in [0.29, 0.717) is 24.3 Å². The lowest BCUT2D eigenvalue weighted by atomic mass is 10.2. The van der Waals surface area contributed by atoms with E-state index in [0.717, 1.165) is 0 Å². The maximum absolute atomic E-state index is 12.7. The molecule has 0 bridgehead atoms. The van der Waals surface area contributed by atoms with E-state index in [1.54, 1.807) is 32.9 Å². The first kappa shape index (κ1) is 18.9. The summed E-state index contributed by atoms with van der Waals surface area (Å²) < 4.78 is 26.8. The zero-order valence-corrected chi connectivity index (χ0v) is 15.2. The molecule has 2 aromatic rings. The predicted octanol–water partition coefficient (Wildman–Crippen LogP) is 1.97. The number of aromatic amines is 1. The molecule has 1 aromatic carbocycles. The number of hydrogen-bond acceptors (Lipinski definition) is 4. The molecule has 0 atom stereocenters. The molecule has 0 saturated carbocycles. The molecule has 0 radical (unpaired) electrons. The number of benzene rings is 1. The van der Waals surface area contributed by atoms with E-state index in [-0.39, 0.29) is 16.0 Å². The van der Waals surface area contributed by atoms with Crippen molar-refractivity contribution < 1.29 is 13.2 Å². The number of aromatic nitrogens is 1. The van der Waals surface area contributed by atoms with E-state index in [2.05, 4.69) is 10.3 Å². The Morgan fingerprint density at radius 2 is 1.84 bits per heavy atom. The summed E-state index contributed by atoms with van der Waals surface area (Å²) in [5, 5.41) is 2.65. The van der Waals surface area contributed by atoms with Crippen molar-refractivity contribution in [3.05, 3.63) is 58.0 Å². The summed E-state index contributed by atoms with van der Waals surface area (Å²) in [5.74, 6) is -0.439. The van der Waals surface area contributed by atoms with Gasteiger partial charge in [0.05, 0.1) is 10.5 Å². The molecule has 0 aliphatic rings. The second-order valence-corrected chi connectivity index (χ2v) is 7.37. The van der Waals surface area contributed by atoms with Gasteiger partial charge in [0.2, 0.25) is 15.6 Å². The van der Waals surface area contributed by atoms with Gasteiger partial charge in [0, 0.05) is 31.0 Å². The molecule has 2 N–H and O–H groups in total.